The van der Waals surface area contributed by atoms with Crippen LogP contribution in [0.1, 0.15) is 68.2 Å². The first-order valence-corrected chi connectivity index (χ1v) is 8.49. The number of carbonyl (C=O) groups excluding carboxylic acids is 2. The minimum atomic E-state index is -0.514. The molecule has 1 N–H and O–H groups in total. The molecule has 0 radical (unpaired) electrons. The van der Waals surface area contributed by atoms with Crippen molar-refractivity contribution in [2.45, 2.75) is 73.8 Å². The van der Waals surface area contributed by atoms with Gasteiger partial charge in [-0.3, -0.25) is 9.63 Å². The molecule has 0 saturated heterocycles. The first-order valence-electron chi connectivity index (χ1n) is 8.49. The van der Waals surface area contributed by atoms with Gasteiger partial charge in [0.1, 0.15) is 5.60 Å². The Morgan fingerprint density at radius 1 is 1.13 bits per heavy atom. The predicted octanol–water partition coefficient (Wildman–Crippen LogP) is 4.00. The highest BCUT2D eigenvalue weighted by molar-refractivity contribution is 5.77. The van der Waals surface area contributed by atoms with Crippen molar-refractivity contribution in [3.63, 3.8) is 0 Å². The Morgan fingerprint density at radius 3 is 1.96 bits per heavy atom. The first kappa shape index (κ1) is 26.6. The fourth-order valence-electron chi connectivity index (χ4n) is 1.51. The van der Waals surface area contributed by atoms with E-state index in [-0.39, 0.29) is 11.8 Å². The highest BCUT2D eigenvalue weighted by atomic mass is 16.7. The van der Waals surface area contributed by atoms with Crippen molar-refractivity contribution < 1.29 is 19.2 Å². The van der Waals surface area contributed by atoms with Crippen LogP contribution in [-0.4, -0.2) is 43.4 Å². The molecule has 0 aliphatic heterocycles. The fraction of sp³-hybridized carbons (Fsp3) is 0.882. The number of nitrogens with one attached hydrogen (secondary N) is 1. The summed E-state index contributed by atoms with van der Waals surface area (Å²) in [5.74, 6) is -0.254. The lowest BCUT2D eigenvalue weighted by Gasteiger charge is -2.22. The van der Waals surface area contributed by atoms with Gasteiger partial charge in [0.25, 0.3) is 0 Å². The summed E-state index contributed by atoms with van der Waals surface area (Å²) in [5.41, 5.74) is -0.514. The van der Waals surface area contributed by atoms with Crippen LogP contribution in [0.3, 0.4) is 0 Å². The summed E-state index contributed by atoms with van der Waals surface area (Å²) in [6, 6.07) is 0. The number of amides is 2. The topological polar surface area (TPSA) is 67.9 Å². The molecule has 2 amide bonds. The van der Waals surface area contributed by atoms with Crippen molar-refractivity contribution in [3.8, 4) is 0 Å². The van der Waals surface area contributed by atoms with Crippen LogP contribution in [0, 0.1) is 5.92 Å². The van der Waals surface area contributed by atoms with E-state index in [0.717, 1.165) is 0 Å². The zero-order valence-electron chi connectivity index (χ0n) is 16.8. The normalized spacial score (nSPS) is 11.0. The lowest BCUT2D eigenvalue weighted by Crippen LogP contribution is -2.36. The largest absolute Gasteiger partial charge is 0.444 e. The number of hydroxylamine groups is 2. The summed E-state index contributed by atoms with van der Waals surface area (Å²) in [6.45, 7) is 15.7. The molecule has 0 aromatic rings. The van der Waals surface area contributed by atoms with E-state index in [9.17, 15) is 9.59 Å². The van der Waals surface area contributed by atoms with E-state index >= 15 is 0 Å². The maximum atomic E-state index is 11.9. The monoisotopic (exact) mass is 334 g/mol. The number of rotatable bonds is 6. The van der Waals surface area contributed by atoms with Gasteiger partial charge in [0.05, 0.1) is 7.11 Å². The van der Waals surface area contributed by atoms with Gasteiger partial charge in [-0.05, 0) is 33.6 Å². The van der Waals surface area contributed by atoms with Crippen LogP contribution in [0.2, 0.25) is 0 Å². The van der Waals surface area contributed by atoms with Crippen molar-refractivity contribution in [1.82, 2.24) is 10.4 Å². The molecular formula is C17H38N2O4. The molecule has 0 aliphatic carbocycles. The molecule has 0 heterocycles. The van der Waals surface area contributed by atoms with E-state index in [1.807, 2.05) is 34.6 Å². The van der Waals surface area contributed by atoms with Gasteiger partial charge in [-0.2, -0.15) is 0 Å². The minimum Gasteiger partial charge on any atom is -0.444 e. The van der Waals surface area contributed by atoms with Crippen LogP contribution >= 0.6 is 0 Å². The number of nitrogens with zero attached hydrogens (tertiary/aromatic N) is 1. The van der Waals surface area contributed by atoms with Gasteiger partial charge in [-0.1, -0.05) is 34.6 Å². The van der Waals surface area contributed by atoms with Gasteiger partial charge in [-0.25, -0.2) is 9.86 Å². The quantitative estimate of drug-likeness (QED) is 0.746. The summed E-state index contributed by atoms with van der Waals surface area (Å²) in [6.07, 6.45) is 0.792. The molecule has 1 unspecified atom stereocenters. The number of ether oxygens (including phenoxy) is 1. The molecule has 0 aromatic heterocycles. The number of carbonyl (C=O) groups is 2. The Balaban J connectivity index is -0.000000919. The van der Waals surface area contributed by atoms with Crippen molar-refractivity contribution in [3.05, 3.63) is 0 Å². The van der Waals surface area contributed by atoms with Gasteiger partial charge in [-0.15, -0.1) is 0 Å². The second-order valence-electron chi connectivity index (χ2n) is 5.34. The lowest BCUT2D eigenvalue weighted by atomic mass is 10.0. The van der Waals surface area contributed by atoms with Crippen LogP contribution in [-0.2, 0) is 14.4 Å². The van der Waals surface area contributed by atoms with E-state index in [1.165, 1.54) is 12.2 Å². The van der Waals surface area contributed by atoms with Crippen molar-refractivity contribution in [2.24, 2.45) is 5.92 Å². The predicted molar refractivity (Wildman–Crippen MR) is 95.1 cm³/mol. The van der Waals surface area contributed by atoms with Crippen molar-refractivity contribution in [2.75, 3.05) is 20.7 Å². The third-order valence-corrected chi connectivity index (χ3v) is 2.59. The van der Waals surface area contributed by atoms with Crippen LogP contribution in [0.15, 0.2) is 0 Å². The maximum absolute atomic E-state index is 11.9. The van der Waals surface area contributed by atoms with E-state index in [0.29, 0.717) is 19.4 Å². The maximum Gasteiger partial charge on any atom is 0.407 e. The van der Waals surface area contributed by atoms with Gasteiger partial charge >= 0.3 is 6.09 Å². The summed E-state index contributed by atoms with van der Waals surface area (Å²) in [5, 5.41) is 3.85. The molecule has 0 saturated carbocycles. The Morgan fingerprint density at radius 2 is 1.61 bits per heavy atom. The van der Waals surface area contributed by atoms with E-state index < -0.39 is 11.7 Å². The van der Waals surface area contributed by atoms with Gasteiger partial charge in [0.2, 0.25) is 5.91 Å². The van der Waals surface area contributed by atoms with Crippen molar-refractivity contribution in [1.29, 1.82) is 0 Å². The molecule has 140 valence electrons. The van der Waals surface area contributed by atoms with E-state index in [1.54, 1.807) is 27.8 Å². The lowest BCUT2D eigenvalue weighted by molar-refractivity contribution is -0.173. The van der Waals surface area contributed by atoms with Crippen molar-refractivity contribution >= 4 is 12.0 Å². The summed E-state index contributed by atoms with van der Waals surface area (Å²) < 4.78 is 5.11. The van der Waals surface area contributed by atoms with E-state index in [4.69, 9.17) is 9.57 Å². The minimum absolute atomic E-state index is 0.0870. The first-order chi connectivity index (χ1) is 10.7. The van der Waals surface area contributed by atoms with Gasteiger partial charge in [0, 0.05) is 19.5 Å². The average molecular weight is 335 g/mol. The van der Waals surface area contributed by atoms with Crippen LogP contribution < -0.4 is 5.32 Å². The highest BCUT2D eigenvalue weighted by Crippen LogP contribution is 2.11. The zero-order valence-corrected chi connectivity index (χ0v) is 16.8. The molecule has 0 bridgehead atoms. The number of alkyl carbamates (subject to hydrolysis) is 1. The molecular weight excluding hydrogens is 296 g/mol. The average Bonchev–Trinajstić information content (AvgIpc) is 2.52. The SMILES string of the molecule is CC.CC.CCC(CCNC(=O)OC(C)(C)C)C(=O)N(C)OC. The molecule has 1 atom stereocenters. The third kappa shape index (κ3) is 15.4. The highest BCUT2D eigenvalue weighted by Gasteiger charge is 2.21. The Kier molecular flexibility index (Phi) is 18.0. The zero-order chi connectivity index (χ0) is 19.1. The Hall–Kier alpha value is -1.30. The standard InChI is InChI=1S/C13H26N2O4.2C2H6/c1-7-10(11(16)15(5)18-6)8-9-14-12(17)19-13(2,3)4;2*1-2/h10H,7-9H2,1-6H3,(H,14,17);2*1-2H3. The molecule has 6 heteroatoms. The molecule has 6 nitrogen and oxygen atoms in total. The number of hydrogen-bond donors (Lipinski definition) is 1. The Labute approximate surface area is 142 Å². The Bertz CT molecular complexity index is 301. The third-order valence-electron chi connectivity index (χ3n) is 2.59. The summed E-state index contributed by atoms with van der Waals surface area (Å²) in [7, 11) is 3.02. The fourth-order valence-corrected chi connectivity index (χ4v) is 1.51. The van der Waals surface area contributed by atoms with Crippen LogP contribution in [0.5, 0.6) is 0 Å². The van der Waals surface area contributed by atoms with Gasteiger partial charge in [0.15, 0.2) is 0 Å². The smallest absolute Gasteiger partial charge is 0.407 e. The van der Waals surface area contributed by atoms with Gasteiger partial charge < -0.3 is 10.1 Å². The molecule has 0 rings (SSSR count). The number of hydrogen-bond acceptors (Lipinski definition) is 4. The molecule has 0 aliphatic rings. The van der Waals surface area contributed by atoms with Crippen LogP contribution in [0.25, 0.3) is 0 Å². The molecule has 0 fully saturated rings. The summed E-state index contributed by atoms with van der Waals surface area (Å²) >= 11 is 0. The molecule has 23 heavy (non-hydrogen) atoms. The molecule has 0 spiro atoms. The summed E-state index contributed by atoms with van der Waals surface area (Å²) in [4.78, 5) is 28.2. The second-order valence-corrected chi connectivity index (χ2v) is 5.34. The second kappa shape index (κ2) is 15.6. The van der Waals surface area contributed by atoms with Crippen LogP contribution in [0.4, 0.5) is 4.79 Å². The molecule has 0 aromatic carbocycles. The van der Waals surface area contributed by atoms with E-state index in [2.05, 4.69) is 5.32 Å².